The molecule has 7 rings (SSSR count). The number of pyridine rings is 1. The summed E-state index contributed by atoms with van der Waals surface area (Å²) >= 11 is 0. The standard InChI is InChI=1S/C34H27NO/c1-22-12-2-3-13-23(22)32-26-16-5-7-18-28(26)33(29-19-8-6-17-27(29)32)35-31-21-11-10-15-25(31)24-14-4-9-20-30(24)34(35)36/h2-3,5-9,11-13,16-21H,4,10,14-15H2,1H3. The van der Waals surface area contributed by atoms with E-state index in [1.165, 1.54) is 38.6 Å². The highest BCUT2D eigenvalue weighted by molar-refractivity contribution is 6.18. The lowest BCUT2D eigenvalue weighted by Crippen LogP contribution is -2.28. The zero-order chi connectivity index (χ0) is 24.2. The topological polar surface area (TPSA) is 22.0 Å². The molecule has 4 aromatic carbocycles. The Morgan fingerprint density at radius 3 is 1.94 bits per heavy atom. The highest BCUT2D eigenvalue weighted by Gasteiger charge is 2.25. The summed E-state index contributed by atoms with van der Waals surface area (Å²) < 4.78 is 2.02. The van der Waals surface area contributed by atoms with E-state index in [2.05, 4.69) is 104 Å². The van der Waals surface area contributed by atoms with Gasteiger partial charge in [0.2, 0.25) is 0 Å². The molecule has 2 nitrogen and oxygen atoms in total. The second-order valence-electron chi connectivity index (χ2n) is 9.91. The number of benzene rings is 4. The second-order valence-corrected chi connectivity index (χ2v) is 9.91. The number of hydrogen-bond donors (Lipinski definition) is 0. The van der Waals surface area contributed by atoms with Gasteiger partial charge in [0.1, 0.15) is 0 Å². The Kier molecular flexibility index (Phi) is 4.82. The fourth-order valence-corrected chi connectivity index (χ4v) is 6.29. The zero-order valence-electron chi connectivity index (χ0n) is 20.4. The van der Waals surface area contributed by atoms with Crippen LogP contribution in [0.25, 0.3) is 50.5 Å². The van der Waals surface area contributed by atoms with Crippen molar-refractivity contribution in [3.63, 3.8) is 0 Å². The Balaban J connectivity index is 1.71. The van der Waals surface area contributed by atoms with Gasteiger partial charge in [-0.25, -0.2) is 0 Å². The molecule has 0 amide bonds. The number of allylic oxidation sites excluding steroid dienone is 2. The van der Waals surface area contributed by atoms with Crippen LogP contribution >= 0.6 is 0 Å². The van der Waals surface area contributed by atoms with Gasteiger partial charge >= 0.3 is 0 Å². The van der Waals surface area contributed by atoms with Crippen molar-refractivity contribution in [1.29, 1.82) is 0 Å². The molecule has 0 aliphatic heterocycles. The zero-order valence-corrected chi connectivity index (χ0v) is 20.4. The predicted octanol–water partition coefficient (Wildman–Crippen LogP) is 8.04. The van der Waals surface area contributed by atoms with Gasteiger partial charge < -0.3 is 0 Å². The van der Waals surface area contributed by atoms with Crippen LogP contribution in [0.1, 0.15) is 40.8 Å². The van der Waals surface area contributed by atoms with Crippen LogP contribution in [0.3, 0.4) is 0 Å². The van der Waals surface area contributed by atoms with Crippen molar-refractivity contribution >= 4 is 33.7 Å². The van der Waals surface area contributed by atoms with Gasteiger partial charge in [-0.2, -0.15) is 0 Å². The molecule has 0 saturated carbocycles. The maximum atomic E-state index is 14.3. The molecule has 0 fully saturated rings. The molecule has 174 valence electrons. The highest BCUT2D eigenvalue weighted by atomic mass is 16.1. The number of fused-ring (bicyclic) bond motifs is 5. The Bertz CT molecular complexity index is 1760. The molecule has 5 aromatic rings. The monoisotopic (exact) mass is 465 g/mol. The molecule has 0 saturated heterocycles. The minimum atomic E-state index is 0.0881. The van der Waals surface area contributed by atoms with E-state index in [0.717, 1.165) is 53.4 Å². The minimum Gasteiger partial charge on any atom is -0.275 e. The van der Waals surface area contributed by atoms with Crippen LogP contribution in [-0.2, 0) is 12.8 Å². The van der Waals surface area contributed by atoms with Crippen molar-refractivity contribution < 1.29 is 0 Å². The van der Waals surface area contributed by atoms with Crippen LogP contribution in [0.4, 0.5) is 0 Å². The number of hydrogen-bond acceptors (Lipinski definition) is 1. The SMILES string of the molecule is Cc1ccccc1-c1c2ccccc2c(-n2c3c(c4c(c2=O)C=CCC4)CCC=C3)c2ccccc12. The summed E-state index contributed by atoms with van der Waals surface area (Å²) in [5.41, 5.74) is 9.31. The molecule has 1 aromatic heterocycles. The molecule has 0 atom stereocenters. The Morgan fingerprint density at radius 1 is 0.667 bits per heavy atom. The maximum absolute atomic E-state index is 14.3. The van der Waals surface area contributed by atoms with Gasteiger partial charge in [0.25, 0.3) is 5.56 Å². The van der Waals surface area contributed by atoms with Gasteiger partial charge in [0.15, 0.2) is 0 Å². The molecule has 2 aliphatic carbocycles. The Labute approximate surface area is 210 Å². The van der Waals surface area contributed by atoms with Crippen LogP contribution in [0, 0.1) is 6.92 Å². The minimum absolute atomic E-state index is 0.0881. The number of aromatic nitrogens is 1. The summed E-state index contributed by atoms with van der Waals surface area (Å²) in [5, 5.41) is 4.57. The van der Waals surface area contributed by atoms with E-state index in [0.29, 0.717) is 0 Å². The van der Waals surface area contributed by atoms with Crippen LogP contribution < -0.4 is 5.56 Å². The molecule has 36 heavy (non-hydrogen) atoms. The maximum Gasteiger partial charge on any atom is 0.263 e. The van der Waals surface area contributed by atoms with Crippen LogP contribution in [0.2, 0.25) is 0 Å². The van der Waals surface area contributed by atoms with Crippen LogP contribution in [-0.4, -0.2) is 4.57 Å². The molecule has 0 unspecified atom stereocenters. The first-order chi connectivity index (χ1) is 17.7. The first-order valence-corrected chi connectivity index (χ1v) is 12.9. The Morgan fingerprint density at radius 2 is 1.25 bits per heavy atom. The van der Waals surface area contributed by atoms with E-state index >= 15 is 0 Å². The van der Waals surface area contributed by atoms with Crippen molar-refractivity contribution in [3.8, 4) is 16.8 Å². The molecule has 0 spiro atoms. The van der Waals surface area contributed by atoms with Crippen LogP contribution in [0.15, 0.2) is 89.7 Å². The third kappa shape index (κ3) is 3.01. The molecule has 0 radical (unpaired) electrons. The first-order valence-electron chi connectivity index (χ1n) is 12.9. The van der Waals surface area contributed by atoms with E-state index in [-0.39, 0.29) is 5.56 Å². The summed E-state index contributed by atoms with van der Waals surface area (Å²) in [6.07, 6.45) is 12.6. The normalized spacial score (nSPS) is 14.2. The summed E-state index contributed by atoms with van der Waals surface area (Å²) in [6, 6.07) is 25.8. The number of nitrogens with zero attached hydrogens (tertiary/aromatic N) is 1. The van der Waals surface area contributed by atoms with Gasteiger partial charge in [0, 0.05) is 16.3 Å². The van der Waals surface area contributed by atoms with Gasteiger partial charge in [-0.3, -0.25) is 9.36 Å². The van der Waals surface area contributed by atoms with Gasteiger partial charge in [-0.1, -0.05) is 91.0 Å². The smallest absolute Gasteiger partial charge is 0.263 e. The third-order valence-corrected chi connectivity index (χ3v) is 7.90. The van der Waals surface area contributed by atoms with E-state index in [4.69, 9.17) is 0 Å². The second kappa shape index (κ2) is 8.20. The van der Waals surface area contributed by atoms with Gasteiger partial charge in [-0.05, 0) is 77.3 Å². The highest BCUT2D eigenvalue weighted by Crippen LogP contribution is 2.42. The molecule has 2 aliphatic rings. The largest absolute Gasteiger partial charge is 0.275 e. The van der Waals surface area contributed by atoms with Crippen molar-refractivity contribution in [2.24, 2.45) is 0 Å². The van der Waals surface area contributed by atoms with E-state index in [1.54, 1.807) is 0 Å². The van der Waals surface area contributed by atoms with Crippen molar-refractivity contribution in [2.45, 2.75) is 32.6 Å². The average Bonchev–Trinajstić information content (AvgIpc) is 2.93. The third-order valence-electron chi connectivity index (χ3n) is 7.90. The van der Waals surface area contributed by atoms with E-state index < -0.39 is 0 Å². The molecule has 0 bridgehead atoms. The summed E-state index contributed by atoms with van der Waals surface area (Å²) in [7, 11) is 0. The lowest BCUT2D eigenvalue weighted by molar-refractivity contribution is 0.843. The summed E-state index contributed by atoms with van der Waals surface area (Å²) in [4.78, 5) is 14.3. The lowest BCUT2D eigenvalue weighted by atomic mass is 9.86. The van der Waals surface area contributed by atoms with Gasteiger partial charge in [0.05, 0.1) is 11.4 Å². The predicted molar refractivity (Wildman–Crippen MR) is 152 cm³/mol. The number of aryl methyl sites for hydroxylation is 1. The molecule has 1 heterocycles. The van der Waals surface area contributed by atoms with E-state index in [1.807, 2.05) is 4.57 Å². The quantitative estimate of drug-likeness (QED) is 0.242. The molecule has 0 N–H and O–H groups in total. The van der Waals surface area contributed by atoms with E-state index in [9.17, 15) is 4.79 Å². The summed E-state index contributed by atoms with van der Waals surface area (Å²) in [6.45, 7) is 2.17. The fourth-order valence-electron chi connectivity index (χ4n) is 6.29. The van der Waals surface area contributed by atoms with Gasteiger partial charge in [-0.15, -0.1) is 0 Å². The molecular weight excluding hydrogens is 438 g/mol. The average molecular weight is 466 g/mol. The molecular formula is C34H27NO. The summed E-state index contributed by atoms with van der Waals surface area (Å²) in [5.74, 6) is 0. The first kappa shape index (κ1) is 21.1. The van der Waals surface area contributed by atoms with Crippen molar-refractivity contribution in [3.05, 3.63) is 123 Å². The Hall–Kier alpha value is -4.17. The number of rotatable bonds is 2. The van der Waals surface area contributed by atoms with Crippen LogP contribution in [0.5, 0.6) is 0 Å². The fraction of sp³-hybridized carbons (Fsp3) is 0.147. The molecule has 2 heteroatoms. The van der Waals surface area contributed by atoms with Crippen molar-refractivity contribution in [1.82, 2.24) is 4.57 Å². The lowest BCUT2D eigenvalue weighted by Gasteiger charge is -2.26. The van der Waals surface area contributed by atoms with Crippen molar-refractivity contribution in [2.75, 3.05) is 0 Å².